The van der Waals surface area contributed by atoms with Crippen LogP contribution in [0.25, 0.3) is 11.0 Å². The van der Waals surface area contributed by atoms with Crippen molar-refractivity contribution in [1.29, 1.82) is 0 Å². The van der Waals surface area contributed by atoms with Crippen LogP contribution in [0, 0.1) is 0 Å². The van der Waals surface area contributed by atoms with E-state index >= 15 is 0 Å². The highest BCUT2D eigenvalue weighted by molar-refractivity contribution is 6.35. The number of nitrogens with one attached hydrogen (secondary N) is 1. The van der Waals surface area contributed by atoms with Gasteiger partial charge in [0, 0.05) is 50.0 Å². The smallest absolute Gasteiger partial charge is 0.196 e. The summed E-state index contributed by atoms with van der Waals surface area (Å²) in [6.45, 7) is 5.19. The van der Waals surface area contributed by atoms with Gasteiger partial charge in [-0.1, -0.05) is 29.8 Å². The fraction of sp³-hybridized carbons (Fsp3) is 0.296. The standard InChI is InChI=1S/C27H26ClN5O3/c28-23-14-20(36-19-4-2-1-3-5-19)6-7-21(23)25(34)22-15-29-26-24(22)27(31-17-30-26)33-9-8-18(16-33)32-10-12-35-13-11-32/h1-7,14-15,17-18H,8-13,16H2,(H,29,30,31). The topological polar surface area (TPSA) is 83.6 Å². The molecule has 6 rings (SSSR count). The molecule has 2 saturated heterocycles. The third kappa shape index (κ3) is 4.43. The van der Waals surface area contributed by atoms with Gasteiger partial charge in [0.05, 0.1) is 29.2 Å². The number of fused-ring (bicyclic) bond motifs is 1. The molecule has 36 heavy (non-hydrogen) atoms. The Morgan fingerprint density at radius 1 is 1.03 bits per heavy atom. The lowest BCUT2D eigenvalue weighted by Crippen LogP contribution is -2.44. The van der Waals surface area contributed by atoms with Crippen LogP contribution in [-0.4, -0.2) is 71.1 Å². The quantitative estimate of drug-likeness (QED) is 0.386. The molecular formula is C27H26ClN5O3. The van der Waals surface area contributed by atoms with E-state index in [4.69, 9.17) is 21.1 Å². The fourth-order valence-corrected chi connectivity index (χ4v) is 5.31. The van der Waals surface area contributed by atoms with Crippen molar-refractivity contribution in [2.45, 2.75) is 12.5 Å². The number of hydrogen-bond donors (Lipinski definition) is 1. The van der Waals surface area contributed by atoms with Gasteiger partial charge in [-0.2, -0.15) is 0 Å². The molecule has 0 radical (unpaired) electrons. The first-order valence-electron chi connectivity index (χ1n) is 12.1. The zero-order chi connectivity index (χ0) is 24.5. The summed E-state index contributed by atoms with van der Waals surface area (Å²) in [5, 5.41) is 1.06. The van der Waals surface area contributed by atoms with Gasteiger partial charge in [0.2, 0.25) is 0 Å². The van der Waals surface area contributed by atoms with Crippen LogP contribution in [-0.2, 0) is 4.74 Å². The van der Waals surface area contributed by atoms with E-state index in [2.05, 4.69) is 24.8 Å². The minimum absolute atomic E-state index is 0.183. The van der Waals surface area contributed by atoms with Crippen molar-refractivity contribution in [1.82, 2.24) is 19.9 Å². The molecule has 0 amide bonds. The normalized spacial score (nSPS) is 18.6. The highest BCUT2D eigenvalue weighted by atomic mass is 35.5. The first kappa shape index (κ1) is 23.0. The van der Waals surface area contributed by atoms with Crippen molar-refractivity contribution in [2.75, 3.05) is 44.3 Å². The average molecular weight is 504 g/mol. The Labute approximate surface area is 213 Å². The van der Waals surface area contributed by atoms with Gasteiger partial charge in [-0.25, -0.2) is 9.97 Å². The number of morpholine rings is 1. The van der Waals surface area contributed by atoms with Gasteiger partial charge in [0.25, 0.3) is 0 Å². The fourth-order valence-electron chi connectivity index (χ4n) is 5.05. The first-order chi connectivity index (χ1) is 17.7. The summed E-state index contributed by atoms with van der Waals surface area (Å²) in [4.78, 5) is 30.5. The summed E-state index contributed by atoms with van der Waals surface area (Å²) in [6, 6.07) is 15.0. The van der Waals surface area contributed by atoms with E-state index in [-0.39, 0.29) is 5.78 Å². The maximum Gasteiger partial charge on any atom is 0.196 e. The predicted octanol–water partition coefficient (Wildman–Crippen LogP) is 4.55. The molecule has 1 atom stereocenters. The Hall–Kier alpha value is -3.46. The molecule has 184 valence electrons. The summed E-state index contributed by atoms with van der Waals surface area (Å²) in [5.74, 6) is 1.86. The van der Waals surface area contributed by atoms with Crippen molar-refractivity contribution in [3.05, 3.63) is 77.2 Å². The number of carbonyl (C=O) groups excluding carboxylic acids is 1. The van der Waals surface area contributed by atoms with Crippen LogP contribution in [0.2, 0.25) is 5.02 Å². The molecule has 0 bridgehead atoms. The summed E-state index contributed by atoms with van der Waals surface area (Å²) < 4.78 is 11.4. The molecule has 1 N–H and O–H groups in total. The van der Waals surface area contributed by atoms with Gasteiger partial charge in [-0.3, -0.25) is 9.69 Å². The molecule has 0 aliphatic carbocycles. The third-order valence-electron chi connectivity index (χ3n) is 6.88. The zero-order valence-corrected chi connectivity index (χ0v) is 20.4. The van der Waals surface area contributed by atoms with Crippen LogP contribution >= 0.6 is 11.6 Å². The Morgan fingerprint density at radius 3 is 2.67 bits per heavy atom. The number of para-hydroxylation sites is 1. The molecule has 2 aromatic heterocycles. The van der Waals surface area contributed by atoms with E-state index in [1.165, 1.54) is 0 Å². The van der Waals surface area contributed by atoms with Crippen molar-refractivity contribution < 1.29 is 14.3 Å². The van der Waals surface area contributed by atoms with Gasteiger partial charge in [-0.05, 0) is 30.7 Å². The Morgan fingerprint density at radius 2 is 1.86 bits per heavy atom. The molecule has 4 heterocycles. The summed E-state index contributed by atoms with van der Waals surface area (Å²) in [5.41, 5.74) is 1.55. The van der Waals surface area contributed by atoms with Gasteiger partial charge >= 0.3 is 0 Å². The maximum atomic E-state index is 13.6. The number of ether oxygens (including phenoxy) is 2. The minimum atomic E-state index is -0.183. The molecule has 9 heteroatoms. The number of aromatic amines is 1. The Balaban J connectivity index is 1.27. The molecular weight excluding hydrogens is 478 g/mol. The van der Waals surface area contributed by atoms with Gasteiger partial charge in [0.1, 0.15) is 29.3 Å². The van der Waals surface area contributed by atoms with E-state index in [9.17, 15) is 4.79 Å². The van der Waals surface area contributed by atoms with Crippen molar-refractivity contribution in [3.63, 3.8) is 0 Å². The summed E-state index contributed by atoms with van der Waals surface area (Å²) >= 11 is 6.56. The van der Waals surface area contributed by atoms with Gasteiger partial charge in [0.15, 0.2) is 5.78 Å². The number of ketones is 1. The van der Waals surface area contributed by atoms with Crippen LogP contribution in [0.1, 0.15) is 22.3 Å². The predicted molar refractivity (Wildman–Crippen MR) is 138 cm³/mol. The number of H-pyrrole nitrogens is 1. The van der Waals surface area contributed by atoms with Gasteiger partial charge in [-0.15, -0.1) is 0 Å². The van der Waals surface area contributed by atoms with Crippen LogP contribution in [0.5, 0.6) is 11.5 Å². The minimum Gasteiger partial charge on any atom is -0.457 e. The lowest BCUT2D eigenvalue weighted by Gasteiger charge is -2.32. The molecule has 2 fully saturated rings. The van der Waals surface area contributed by atoms with Crippen LogP contribution in [0.15, 0.2) is 61.1 Å². The number of aromatic nitrogens is 3. The maximum absolute atomic E-state index is 13.6. The number of benzene rings is 2. The molecule has 1 unspecified atom stereocenters. The van der Waals surface area contributed by atoms with Crippen LogP contribution < -0.4 is 9.64 Å². The second-order valence-electron chi connectivity index (χ2n) is 9.05. The molecule has 0 saturated carbocycles. The number of rotatable bonds is 6. The number of hydrogen-bond acceptors (Lipinski definition) is 7. The van der Waals surface area contributed by atoms with E-state index in [0.717, 1.165) is 57.0 Å². The van der Waals surface area contributed by atoms with E-state index in [1.54, 1.807) is 30.7 Å². The molecule has 8 nitrogen and oxygen atoms in total. The van der Waals surface area contributed by atoms with Crippen molar-refractivity contribution >= 4 is 34.2 Å². The largest absolute Gasteiger partial charge is 0.457 e. The molecule has 2 aliphatic rings. The molecule has 2 aromatic carbocycles. The lowest BCUT2D eigenvalue weighted by molar-refractivity contribution is 0.0209. The second-order valence-corrected chi connectivity index (χ2v) is 9.45. The Bertz CT molecular complexity index is 1390. The highest BCUT2D eigenvalue weighted by Crippen LogP contribution is 2.33. The summed E-state index contributed by atoms with van der Waals surface area (Å²) in [6.07, 6.45) is 4.30. The van der Waals surface area contributed by atoms with Crippen LogP contribution in [0.4, 0.5) is 5.82 Å². The zero-order valence-electron chi connectivity index (χ0n) is 19.7. The van der Waals surface area contributed by atoms with E-state index in [0.29, 0.717) is 39.3 Å². The second kappa shape index (κ2) is 9.89. The van der Waals surface area contributed by atoms with Crippen LogP contribution in [0.3, 0.4) is 0 Å². The lowest BCUT2D eigenvalue weighted by atomic mass is 10.0. The number of halogens is 1. The number of carbonyl (C=O) groups is 1. The number of nitrogens with zero attached hydrogens (tertiary/aromatic N) is 4. The molecule has 0 spiro atoms. The highest BCUT2D eigenvalue weighted by Gasteiger charge is 2.31. The summed E-state index contributed by atoms with van der Waals surface area (Å²) in [7, 11) is 0. The average Bonchev–Trinajstić information content (AvgIpc) is 3.58. The monoisotopic (exact) mass is 503 g/mol. The number of anilines is 1. The molecule has 2 aliphatic heterocycles. The van der Waals surface area contributed by atoms with E-state index < -0.39 is 0 Å². The third-order valence-corrected chi connectivity index (χ3v) is 7.20. The first-order valence-corrected chi connectivity index (χ1v) is 12.5. The van der Waals surface area contributed by atoms with Crippen molar-refractivity contribution in [3.8, 4) is 11.5 Å². The van der Waals surface area contributed by atoms with Gasteiger partial charge < -0.3 is 19.4 Å². The van der Waals surface area contributed by atoms with Crippen molar-refractivity contribution in [2.24, 2.45) is 0 Å². The Kier molecular flexibility index (Phi) is 6.31. The van der Waals surface area contributed by atoms with E-state index in [1.807, 2.05) is 30.3 Å². The molecule has 4 aromatic rings. The SMILES string of the molecule is O=C(c1ccc(Oc2ccccc2)cc1Cl)c1c[nH]c2ncnc(N3CCC(N4CCOCC4)C3)c12.